The Balaban J connectivity index is 1.53. The van der Waals surface area contributed by atoms with Crippen LogP contribution in [0.1, 0.15) is 37.2 Å². The second-order valence-corrected chi connectivity index (χ2v) is 7.80. The molecule has 0 aliphatic carbocycles. The molecule has 1 saturated heterocycles. The third-order valence-corrected chi connectivity index (χ3v) is 5.32. The zero-order valence-corrected chi connectivity index (χ0v) is 17.0. The molecule has 1 aliphatic rings. The van der Waals surface area contributed by atoms with Crippen molar-refractivity contribution in [3.63, 3.8) is 0 Å². The van der Waals surface area contributed by atoms with Crippen molar-refractivity contribution in [2.45, 2.75) is 47.1 Å². The van der Waals surface area contributed by atoms with Crippen LogP contribution < -0.4 is 4.90 Å². The molecule has 3 heterocycles. The van der Waals surface area contributed by atoms with Crippen molar-refractivity contribution in [1.82, 2.24) is 19.7 Å². The summed E-state index contributed by atoms with van der Waals surface area (Å²) in [4.78, 5) is 21.1. The molecule has 1 aliphatic heterocycles. The number of carbonyl (C=O) groups is 1. The Morgan fingerprint density at radius 1 is 1.11 bits per heavy atom. The van der Waals surface area contributed by atoms with E-state index in [1.165, 1.54) is 16.9 Å². The van der Waals surface area contributed by atoms with Crippen molar-refractivity contribution < 1.29 is 4.79 Å². The second kappa shape index (κ2) is 8.55. The van der Waals surface area contributed by atoms with E-state index < -0.39 is 0 Å². The molecule has 2 aromatic rings. The molecule has 0 aromatic carbocycles. The minimum Gasteiger partial charge on any atom is -0.368 e. The molecule has 0 unspecified atom stereocenters. The van der Waals surface area contributed by atoms with Gasteiger partial charge in [0.25, 0.3) is 0 Å². The van der Waals surface area contributed by atoms with Crippen molar-refractivity contribution in [3.05, 3.63) is 41.5 Å². The molecule has 3 rings (SSSR count). The quantitative estimate of drug-likeness (QED) is 0.786. The maximum Gasteiger partial charge on any atom is 0.223 e. The van der Waals surface area contributed by atoms with Crippen LogP contribution in [0, 0.1) is 19.8 Å². The van der Waals surface area contributed by atoms with Crippen LogP contribution in [0.2, 0.25) is 0 Å². The highest BCUT2D eigenvalue weighted by Crippen LogP contribution is 2.18. The van der Waals surface area contributed by atoms with Crippen LogP contribution in [-0.2, 0) is 17.8 Å². The number of aromatic nitrogens is 3. The van der Waals surface area contributed by atoms with Crippen molar-refractivity contribution in [1.29, 1.82) is 0 Å². The van der Waals surface area contributed by atoms with Gasteiger partial charge in [-0.05, 0) is 43.9 Å². The fraction of sp³-hybridized carbons (Fsp3) is 0.571. The van der Waals surface area contributed by atoms with Crippen molar-refractivity contribution in [2.75, 3.05) is 31.1 Å². The Kier molecular flexibility index (Phi) is 6.14. The molecule has 1 amide bonds. The van der Waals surface area contributed by atoms with Crippen molar-refractivity contribution >= 4 is 11.6 Å². The molecule has 1 fully saturated rings. The zero-order valence-electron chi connectivity index (χ0n) is 17.0. The molecular weight excluding hydrogens is 338 g/mol. The molecule has 27 heavy (non-hydrogen) atoms. The van der Waals surface area contributed by atoms with Gasteiger partial charge in [0.2, 0.25) is 5.91 Å². The highest BCUT2D eigenvalue weighted by atomic mass is 16.2. The van der Waals surface area contributed by atoms with E-state index >= 15 is 0 Å². The second-order valence-electron chi connectivity index (χ2n) is 7.80. The van der Waals surface area contributed by atoms with Crippen LogP contribution in [0.15, 0.2) is 24.5 Å². The number of aryl methyl sites for hydroxylation is 1. The fourth-order valence-electron chi connectivity index (χ4n) is 3.78. The lowest BCUT2D eigenvalue weighted by Crippen LogP contribution is -2.48. The topological polar surface area (TPSA) is 54.3 Å². The number of carbonyl (C=O) groups excluding carboxylic acids is 1. The first kappa shape index (κ1) is 19.4. The largest absolute Gasteiger partial charge is 0.368 e. The van der Waals surface area contributed by atoms with Gasteiger partial charge in [-0.15, -0.1) is 0 Å². The van der Waals surface area contributed by atoms with E-state index in [0.29, 0.717) is 12.3 Å². The summed E-state index contributed by atoms with van der Waals surface area (Å²) in [7, 11) is 0. The SMILES string of the molecule is Cc1nn(CC(C)C)c(C)c1CCC(=O)N1CCN(c2ccncc2)CC1. The number of amides is 1. The van der Waals surface area contributed by atoms with Crippen LogP contribution in [-0.4, -0.2) is 51.8 Å². The van der Waals surface area contributed by atoms with Gasteiger partial charge in [0.15, 0.2) is 0 Å². The molecule has 0 saturated carbocycles. The summed E-state index contributed by atoms with van der Waals surface area (Å²) in [6.45, 7) is 12.8. The van der Waals surface area contributed by atoms with Gasteiger partial charge in [-0.25, -0.2) is 0 Å². The van der Waals surface area contributed by atoms with Crippen LogP contribution >= 0.6 is 0 Å². The number of piperazine rings is 1. The van der Waals surface area contributed by atoms with E-state index in [1.54, 1.807) is 0 Å². The highest BCUT2D eigenvalue weighted by Gasteiger charge is 2.22. The van der Waals surface area contributed by atoms with E-state index in [2.05, 4.69) is 47.4 Å². The predicted octanol–water partition coefficient (Wildman–Crippen LogP) is 2.83. The van der Waals surface area contributed by atoms with Gasteiger partial charge in [-0.3, -0.25) is 14.5 Å². The Bertz CT molecular complexity index is 760. The normalized spacial score (nSPS) is 14.9. The van der Waals surface area contributed by atoms with Gasteiger partial charge < -0.3 is 9.80 Å². The third-order valence-electron chi connectivity index (χ3n) is 5.32. The molecule has 0 N–H and O–H groups in total. The zero-order chi connectivity index (χ0) is 19.4. The van der Waals surface area contributed by atoms with Crippen molar-refractivity contribution in [3.8, 4) is 0 Å². The minimum atomic E-state index is 0.250. The summed E-state index contributed by atoms with van der Waals surface area (Å²) in [5.41, 5.74) is 4.68. The lowest BCUT2D eigenvalue weighted by molar-refractivity contribution is -0.131. The Hall–Kier alpha value is -2.37. The molecule has 146 valence electrons. The number of anilines is 1. The summed E-state index contributed by atoms with van der Waals surface area (Å²) < 4.78 is 2.09. The summed E-state index contributed by atoms with van der Waals surface area (Å²) >= 11 is 0. The van der Waals surface area contributed by atoms with Gasteiger partial charge in [0, 0.05) is 62.9 Å². The number of hydrogen-bond acceptors (Lipinski definition) is 4. The van der Waals surface area contributed by atoms with E-state index in [9.17, 15) is 4.79 Å². The third kappa shape index (κ3) is 4.67. The van der Waals surface area contributed by atoms with Gasteiger partial charge in [-0.2, -0.15) is 5.10 Å². The Morgan fingerprint density at radius 3 is 2.41 bits per heavy atom. The summed E-state index contributed by atoms with van der Waals surface area (Å²) in [6.07, 6.45) is 4.97. The molecule has 0 atom stereocenters. The number of pyridine rings is 1. The summed E-state index contributed by atoms with van der Waals surface area (Å²) in [5.74, 6) is 0.814. The molecule has 6 nitrogen and oxygen atoms in total. The Morgan fingerprint density at radius 2 is 1.78 bits per heavy atom. The molecule has 0 bridgehead atoms. The van der Waals surface area contributed by atoms with Gasteiger partial charge >= 0.3 is 0 Å². The van der Waals surface area contributed by atoms with Crippen molar-refractivity contribution in [2.24, 2.45) is 5.92 Å². The monoisotopic (exact) mass is 369 g/mol. The fourth-order valence-corrected chi connectivity index (χ4v) is 3.78. The average molecular weight is 370 g/mol. The molecule has 0 spiro atoms. The van der Waals surface area contributed by atoms with Gasteiger partial charge in [0.05, 0.1) is 5.69 Å². The lowest BCUT2D eigenvalue weighted by atomic mass is 10.1. The average Bonchev–Trinajstić information content (AvgIpc) is 2.93. The standard InChI is InChI=1S/C21H31N5O/c1-16(2)15-26-18(4)20(17(3)23-26)5-6-21(27)25-13-11-24(12-14-25)19-7-9-22-10-8-19/h7-10,16H,5-6,11-15H2,1-4H3. The van der Waals surface area contributed by atoms with Crippen LogP contribution in [0.25, 0.3) is 0 Å². The van der Waals surface area contributed by atoms with Crippen LogP contribution in [0.5, 0.6) is 0 Å². The minimum absolute atomic E-state index is 0.250. The Labute approximate surface area is 162 Å². The van der Waals surface area contributed by atoms with Crippen LogP contribution in [0.4, 0.5) is 5.69 Å². The molecule has 6 heteroatoms. The first-order valence-electron chi connectivity index (χ1n) is 9.91. The first-order chi connectivity index (χ1) is 13.0. The lowest BCUT2D eigenvalue weighted by Gasteiger charge is -2.36. The predicted molar refractivity (Wildman–Crippen MR) is 108 cm³/mol. The highest BCUT2D eigenvalue weighted by molar-refractivity contribution is 5.77. The first-order valence-corrected chi connectivity index (χ1v) is 9.91. The number of nitrogens with zero attached hydrogens (tertiary/aromatic N) is 5. The molecule has 2 aromatic heterocycles. The number of rotatable bonds is 6. The van der Waals surface area contributed by atoms with E-state index in [4.69, 9.17) is 0 Å². The van der Waals surface area contributed by atoms with E-state index in [0.717, 1.165) is 44.8 Å². The van der Waals surface area contributed by atoms with E-state index in [1.807, 2.05) is 29.4 Å². The van der Waals surface area contributed by atoms with E-state index in [-0.39, 0.29) is 5.91 Å². The van der Waals surface area contributed by atoms with Gasteiger partial charge in [-0.1, -0.05) is 13.8 Å². The summed E-state index contributed by atoms with van der Waals surface area (Å²) in [6, 6.07) is 4.05. The molecule has 0 radical (unpaired) electrons. The van der Waals surface area contributed by atoms with Crippen LogP contribution in [0.3, 0.4) is 0 Å². The molecular formula is C21H31N5O. The summed E-state index contributed by atoms with van der Waals surface area (Å²) in [5, 5.41) is 4.66. The number of hydrogen-bond donors (Lipinski definition) is 0. The maximum atomic E-state index is 12.7. The van der Waals surface area contributed by atoms with Gasteiger partial charge in [0.1, 0.15) is 0 Å². The smallest absolute Gasteiger partial charge is 0.223 e. The maximum absolute atomic E-state index is 12.7.